The summed E-state index contributed by atoms with van der Waals surface area (Å²) in [6.45, 7) is 0.409. The van der Waals surface area contributed by atoms with Gasteiger partial charge in [-0.05, 0) is 45.8 Å². The van der Waals surface area contributed by atoms with Gasteiger partial charge in [-0.15, -0.1) is 11.3 Å². The van der Waals surface area contributed by atoms with Crippen LogP contribution in [-0.4, -0.2) is 16.7 Å². The number of rotatable bonds is 2. The highest BCUT2D eigenvalue weighted by atomic mass is 79.9. The summed E-state index contributed by atoms with van der Waals surface area (Å²) < 4.78 is 1.02. The lowest BCUT2D eigenvalue weighted by molar-refractivity contribution is -0.140. The van der Waals surface area contributed by atoms with Gasteiger partial charge in [-0.3, -0.25) is 14.5 Å². The zero-order chi connectivity index (χ0) is 12.7. The molecule has 18 heavy (non-hydrogen) atoms. The van der Waals surface area contributed by atoms with Gasteiger partial charge < -0.3 is 0 Å². The lowest BCUT2D eigenvalue weighted by Gasteiger charge is -2.14. The summed E-state index contributed by atoms with van der Waals surface area (Å²) in [4.78, 5) is 25.9. The fourth-order valence-corrected chi connectivity index (χ4v) is 3.84. The molecule has 2 amide bonds. The molecule has 0 saturated carbocycles. The highest BCUT2D eigenvalue weighted by molar-refractivity contribution is 9.11. The molecule has 1 aromatic heterocycles. The van der Waals surface area contributed by atoms with Gasteiger partial charge in [0.15, 0.2) is 0 Å². The first-order valence-corrected chi connectivity index (χ1v) is 7.57. The van der Waals surface area contributed by atoms with Crippen molar-refractivity contribution in [2.45, 2.75) is 19.4 Å². The fraction of sp³-hybridized carbons (Fsp3) is 0.385. The molecule has 0 spiro atoms. The van der Waals surface area contributed by atoms with Crippen molar-refractivity contribution in [3.8, 4) is 0 Å². The SMILES string of the molecule is O=C1C2CC=CCC2C(=O)N1Cc1csc(Br)c1. The summed E-state index contributed by atoms with van der Waals surface area (Å²) >= 11 is 4.96. The zero-order valence-corrected chi connectivity index (χ0v) is 12.0. The van der Waals surface area contributed by atoms with E-state index in [4.69, 9.17) is 0 Å². The van der Waals surface area contributed by atoms with E-state index in [0.717, 1.165) is 9.35 Å². The van der Waals surface area contributed by atoms with Crippen molar-refractivity contribution in [2.24, 2.45) is 11.8 Å². The van der Waals surface area contributed by atoms with E-state index in [2.05, 4.69) is 15.9 Å². The summed E-state index contributed by atoms with van der Waals surface area (Å²) in [6.07, 6.45) is 5.44. The van der Waals surface area contributed by atoms with E-state index in [9.17, 15) is 9.59 Å². The molecule has 1 aliphatic heterocycles. The first-order valence-electron chi connectivity index (χ1n) is 5.90. The first-order chi connectivity index (χ1) is 8.66. The number of halogens is 1. The minimum absolute atomic E-state index is 0.00308. The summed E-state index contributed by atoms with van der Waals surface area (Å²) in [5.41, 5.74) is 1.01. The van der Waals surface area contributed by atoms with Crippen molar-refractivity contribution in [3.63, 3.8) is 0 Å². The van der Waals surface area contributed by atoms with Crippen LogP contribution in [0.15, 0.2) is 27.4 Å². The van der Waals surface area contributed by atoms with E-state index in [1.54, 1.807) is 11.3 Å². The van der Waals surface area contributed by atoms with Crippen molar-refractivity contribution in [1.29, 1.82) is 0 Å². The van der Waals surface area contributed by atoms with E-state index in [0.29, 0.717) is 19.4 Å². The number of fused-ring (bicyclic) bond motifs is 1. The smallest absolute Gasteiger partial charge is 0.233 e. The molecule has 3 nitrogen and oxygen atoms in total. The molecule has 0 bridgehead atoms. The molecular formula is C13H12BrNO2S. The van der Waals surface area contributed by atoms with E-state index in [1.807, 2.05) is 23.6 Å². The standard InChI is InChI=1S/C13H12BrNO2S/c14-11-5-8(7-18-11)6-15-12(16)9-3-1-2-4-10(9)13(15)17/h1-2,5,7,9-10H,3-4,6H2. The van der Waals surface area contributed by atoms with Gasteiger partial charge in [0, 0.05) is 0 Å². The number of nitrogens with zero attached hydrogens (tertiary/aromatic N) is 1. The van der Waals surface area contributed by atoms with Gasteiger partial charge in [0.1, 0.15) is 0 Å². The monoisotopic (exact) mass is 325 g/mol. The third-order valence-corrected chi connectivity index (χ3v) is 5.11. The van der Waals surface area contributed by atoms with Crippen LogP contribution in [0.25, 0.3) is 0 Å². The number of allylic oxidation sites excluding steroid dienone is 2. The Kier molecular flexibility index (Phi) is 3.11. The van der Waals surface area contributed by atoms with Crippen LogP contribution in [0.3, 0.4) is 0 Å². The molecule has 0 N–H and O–H groups in total. The number of thiophene rings is 1. The first kappa shape index (κ1) is 12.1. The second-order valence-electron chi connectivity index (χ2n) is 4.68. The number of amides is 2. The average Bonchev–Trinajstić information content (AvgIpc) is 2.88. The summed E-state index contributed by atoms with van der Waals surface area (Å²) in [5.74, 6) is -0.248. The minimum atomic E-state index is -0.121. The van der Waals surface area contributed by atoms with Crippen LogP contribution in [0, 0.1) is 11.8 Å². The number of carbonyl (C=O) groups is 2. The molecule has 2 atom stereocenters. The molecule has 1 aromatic rings. The summed E-state index contributed by atoms with van der Waals surface area (Å²) in [7, 11) is 0. The second-order valence-corrected chi connectivity index (χ2v) is 6.97. The fourth-order valence-electron chi connectivity index (χ4n) is 2.64. The number of hydrogen-bond acceptors (Lipinski definition) is 3. The molecule has 1 aliphatic carbocycles. The van der Waals surface area contributed by atoms with Crippen molar-refractivity contribution >= 4 is 39.1 Å². The van der Waals surface area contributed by atoms with Crippen LogP contribution in [0.1, 0.15) is 18.4 Å². The third kappa shape index (κ3) is 1.95. The van der Waals surface area contributed by atoms with Gasteiger partial charge in [-0.25, -0.2) is 0 Å². The Morgan fingerprint density at radius 1 is 1.22 bits per heavy atom. The lowest BCUT2D eigenvalue weighted by Crippen LogP contribution is -2.30. The van der Waals surface area contributed by atoms with Crippen LogP contribution in [-0.2, 0) is 16.1 Å². The maximum absolute atomic E-state index is 12.2. The quantitative estimate of drug-likeness (QED) is 0.619. The number of imide groups is 1. The van der Waals surface area contributed by atoms with E-state index < -0.39 is 0 Å². The minimum Gasteiger partial charge on any atom is -0.278 e. The summed E-state index contributed by atoms with van der Waals surface area (Å²) in [5, 5.41) is 1.98. The Morgan fingerprint density at radius 2 is 1.83 bits per heavy atom. The Balaban J connectivity index is 1.81. The average molecular weight is 326 g/mol. The second kappa shape index (κ2) is 4.63. The number of carbonyl (C=O) groups excluding carboxylic acids is 2. The van der Waals surface area contributed by atoms with Crippen LogP contribution < -0.4 is 0 Å². The topological polar surface area (TPSA) is 37.4 Å². The van der Waals surface area contributed by atoms with Crippen molar-refractivity contribution in [1.82, 2.24) is 4.90 Å². The Hall–Kier alpha value is -0.940. The van der Waals surface area contributed by atoms with Crippen LogP contribution >= 0.6 is 27.3 Å². The molecule has 2 heterocycles. The summed E-state index contributed by atoms with van der Waals surface area (Å²) in [6, 6.07) is 1.96. The van der Waals surface area contributed by atoms with Crippen molar-refractivity contribution in [2.75, 3.05) is 0 Å². The maximum atomic E-state index is 12.2. The highest BCUT2D eigenvalue weighted by Crippen LogP contribution is 2.36. The molecule has 1 saturated heterocycles. The van der Waals surface area contributed by atoms with Crippen LogP contribution in [0.4, 0.5) is 0 Å². The third-order valence-electron chi connectivity index (χ3n) is 3.56. The molecule has 3 rings (SSSR count). The molecule has 94 valence electrons. The van der Waals surface area contributed by atoms with Crippen molar-refractivity contribution < 1.29 is 9.59 Å². The number of likely N-dealkylation sites (tertiary alicyclic amines) is 1. The van der Waals surface area contributed by atoms with Crippen LogP contribution in [0.5, 0.6) is 0 Å². The van der Waals surface area contributed by atoms with Gasteiger partial charge in [0.05, 0.1) is 22.2 Å². The van der Waals surface area contributed by atoms with Gasteiger partial charge >= 0.3 is 0 Å². The van der Waals surface area contributed by atoms with Gasteiger partial charge in [-0.2, -0.15) is 0 Å². The number of hydrogen-bond donors (Lipinski definition) is 0. The highest BCUT2D eigenvalue weighted by Gasteiger charge is 2.46. The molecule has 0 aromatic carbocycles. The normalized spacial score (nSPS) is 26.8. The molecule has 2 unspecified atom stereocenters. The predicted octanol–water partition coefficient (Wildman–Crippen LogP) is 2.96. The largest absolute Gasteiger partial charge is 0.278 e. The van der Waals surface area contributed by atoms with E-state index in [-0.39, 0.29) is 23.7 Å². The van der Waals surface area contributed by atoms with Gasteiger partial charge in [0.2, 0.25) is 11.8 Å². The molecule has 5 heteroatoms. The molecule has 0 radical (unpaired) electrons. The predicted molar refractivity (Wildman–Crippen MR) is 72.9 cm³/mol. The lowest BCUT2D eigenvalue weighted by atomic mass is 9.85. The molecule has 1 fully saturated rings. The molecule has 2 aliphatic rings. The van der Waals surface area contributed by atoms with Gasteiger partial charge in [-0.1, -0.05) is 12.2 Å². The van der Waals surface area contributed by atoms with E-state index in [1.165, 1.54) is 4.90 Å². The Morgan fingerprint density at radius 3 is 2.33 bits per heavy atom. The zero-order valence-electron chi connectivity index (χ0n) is 9.64. The van der Waals surface area contributed by atoms with Crippen molar-refractivity contribution in [3.05, 3.63) is 32.9 Å². The van der Waals surface area contributed by atoms with Crippen LogP contribution in [0.2, 0.25) is 0 Å². The maximum Gasteiger partial charge on any atom is 0.233 e. The Bertz CT molecular complexity index is 511. The molecular weight excluding hydrogens is 314 g/mol. The van der Waals surface area contributed by atoms with E-state index >= 15 is 0 Å². The van der Waals surface area contributed by atoms with Gasteiger partial charge in [0.25, 0.3) is 0 Å². The Labute approximate surface area is 118 Å².